The van der Waals surface area contributed by atoms with Gasteiger partial charge in [0.15, 0.2) is 0 Å². The zero-order valence-corrected chi connectivity index (χ0v) is 13.8. The van der Waals surface area contributed by atoms with Gasteiger partial charge in [0.1, 0.15) is 0 Å². The lowest BCUT2D eigenvalue weighted by Crippen LogP contribution is -2.44. The van der Waals surface area contributed by atoms with Gasteiger partial charge in [0.05, 0.1) is 10.9 Å². The van der Waals surface area contributed by atoms with Crippen LogP contribution in [0.15, 0.2) is 17.0 Å². The molecule has 0 aliphatic rings. The van der Waals surface area contributed by atoms with Gasteiger partial charge in [-0.2, -0.15) is 4.72 Å². The molecule has 8 heteroatoms. The summed E-state index contributed by atoms with van der Waals surface area (Å²) in [6.45, 7) is 5.57. The molecule has 4 N–H and O–H groups in total. The Morgan fingerprint density at radius 1 is 1.43 bits per heavy atom. The van der Waals surface area contributed by atoms with Crippen LogP contribution in [-0.4, -0.2) is 26.9 Å². The molecule has 0 fully saturated rings. The zero-order chi connectivity index (χ0) is 16.2. The fraction of sp³-hybridized carbons (Fsp3) is 0.462. The number of hydrogen-bond donors (Lipinski definition) is 3. The summed E-state index contributed by atoms with van der Waals surface area (Å²) < 4.78 is 26.8. The molecule has 1 rings (SSSR count). The summed E-state index contributed by atoms with van der Waals surface area (Å²) in [6.07, 6.45) is 0.773. The number of amides is 1. The highest BCUT2D eigenvalue weighted by Crippen LogP contribution is 2.25. The molecule has 6 nitrogen and oxygen atoms in total. The zero-order valence-electron chi connectivity index (χ0n) is 12.2. The molecule has 0 bridgehead atoms. The van der Waals surface area contributed by atoms with Gasteiger partial charge < -0.3 is 11.1 Å². The molecule has 0 saturated heterocycles. The number of sulfonamides is 1. The van der Waals surface area contributed by atoms with E-state index < -0.39 is 16.1 Å². The predicted molar refractivity (Wildman–Crippen MR) is 83.7 cm³/mol. The van der Waals surface area contributed by atoms with Crippen LogP contribution in [0.4, 0.5) is 5.69 Å². The van der Waals surface area contributed by atoms with Crippen molar-refractivity contribution in [1.82, 2.24) is 10.0 Å². The van der Waals surface area contributed by atoms with Crippen molar-refractivity contribution in [2.45, 2.75) is 38.1 Å². The van der Waals surface area contributed by atoms with Gasteiger partial charge in [-0.1, -0.05) is 18.5 Å². The summed E-state index contributed by atoms with van der Waals surface area (Å²) in [5.74, 6) is -0.383. The lowest BCUT2D eigenvalue weighted by Gasteiger charge is -2.15. The van der Waals surface area contributed by atoms with Crippen molar-refractivity contribution in [3.63, 3.8) is 0 Å². The van der Waals surface area contributed by atoms with E-state index in [0.717, 1.165) is 6.42 Å². The molecule has 0 aliphatic carbocycles. The van der Waals surface area contributed by atoms with Crippen LogP contribution < -0.4 is 15.8 Å². The predicted octanol–water partition coefficient (Wildman–Crippen LogP) is 1.42. The molecule has 0 heterocycles. The third-order valence-corrected chi connectivity index (χ3v) is 4.86. The Kier molecular flexibility index (Phi) is 6.00. The SMILES string of the molecule is CCCNC(=O)C(C)NS(=O)(=O)c1cc(N)c(C)c(Cl)c1. The minimum absolute atomic E-state index is 0.0641. The molecule has 1 amide bonds. The number of nitrogens with two attached hydrogens (primary N) is 1. The van der Waals surface area contributed by atoms with Crippen molar-refractivity contribution in [3.05, 3.63) is 22.7 Å². The third-order valence-electron chi connectivity index (χ3n) is 2.94. The van der Waals surface area contributed by atoms with E-state index in [1.54, 1.807) is 6.92 Å². The van der Waals surface area contributed by atoms with Crippen molar-refractivity contribution >= 4 is 33.2 Å². The fourth-order valence-electron chi connectivity index (χ4n) is 1.58. The van der Waals surface area contributed by atoms with Crippen molar-refractivity contribution in [2.75, 3.05) is 12.3 Å². The first-order valence-corrected chi connectivity index (χ1v) is 8.40. The maximum absolute atomic E-state index is 12.2. The smallest absolute Gasteiger partial charge is 0.241 e. The number of hydrogen-bond acceptors (Lipinski definition) is 4. The molecule has 1 aromatic carbocycles. The monoisotopic (exact) mass is 333 g/mol. The molecule has 21 heavy (non-hydrogen) atoms. The van der Waals surface area contributed by atoms with E-state index in [1.807, 2.05) is 6.92 Å². The van der Waals surface area contributed by atoms with Crippen LogP contribution in [0.1, 0.15) is 25.8 Å². The molecule has 0 aliphatic heterocycles. The maximum atomic E-state index is 12.2. The number of nitrogen functional groups attached to an aromatic ring is 1. The first-order chi connectivity index (χ1) is 9.69. The van der Waals surface area contributed by atoms with Gasteiger partial charge >= 0.3 is 0 Å². The van der Waals surface area contributed by atoms with Gasteiger partial charge in [0.25, 0.3) is 0 Å². The van der Waals surface area contributed by atoms with E-state index in [2.05, 4.69) is 10.0 Å². The Morgan fingerprint density at radius 3 is 2.57 bits per heavy atom. The minimum Gasteiger partial charge on any atom is -0.398 e. The van der Waals surface area contributed by atoms with E-state index in [1.165, 1.54) is 19.1 Å². The van der Waals surface area contributed by atoms with Gasteiger partial charge in [-0.15, -0.1) is 0 Å². The Hall–Kier alpha value is -1.31. The van der Waals surface area contributed by atoms with E-state index >= 15 is 0 Å². The second-order valence-electron chi connectivity index (χ2n) is 4.75. The van der Waals surface area contributed by atoms with Gasteiger partial charge in [-0.05, 0) is 38.0 Å². The quantitative estimate of drug-likeness (QED) is 0.685. The summed E-state index contributed by atoms with van der Waals surface area (Å²) in [5.41, 5.74) is 6.62. The molecule has 118 valence electrons. The Balaban J connectivity index is 2.94. The number of carbonyl (C=O) groups excluding carboxylic acids is 1. The number of nitrogens with one attached hydrogen (secondary N) is 2. The van der Waals surface area contributed by atoms with Crippen LogP contribution in [0, 0.1) is 6.92 Å². The fourth-order valence-corrected chi connectivity index (χ4v) is 3.14. The van der Waals surface area contributed by atoms with Gasteiger partial charge in [0, 0.05) is 17.3 Å². The van der Waals surface area contributed by atoms with E-state index in [9.17, 15) is 13.2 Å². The molecule has 0 spiro atoms. The van der Waals surface area contributed by atoms with Crippen molar-refractivity contribution < 1.29 is 13.2 Å². The Labute approximate surface area is 130 Å². The van der Waals surface area contributed by atoms with Crippen LogP contribution in [0.2, 0.25) is 5.02 Å². The molecular weight excluding hydrogens is 314 g/mol. The second kappa shape index (κ2) is 7.11. The summed E-state index contributed by atoms with van der Waals surface area (Å²) in [6, 6.07) is 1.75. The van der Waals surface area contributed by atoms with E-state index in [-0.39, 0.29) is 21.5 Å². The minimum atomic E-state index is -3.87. The molecule has 0 radical (unpaired) electrons. The topological polar surface area (TPSA) is 101 Å². The Bertz CT molecular complexity index is 609. The summed E-state index contributed by atoms with van der Waals surface area (Å²) in [5, 5.41) is 2.88. The second-order valence-corrected chi connectivity index (χ2v) is 6.87. The lowest BCUT2D eigenvalue weighted by atomic mass is 10.2. The van der Waals surface area contributed by atoms with Gasteiger partial charge in [-0.25, -0.2) is 8.42 Å². The first kappa shape index (κ1) is 17.7. The number of carbonyl (C=O) groups is 1. The van der Waals surface area contributed by atoms with Crippen molar-refractivity contribution in [3.8, 4) is 0 Å². The number of benzene rings is 1. The summed E-state index contributed by atoms with van der Waals surface area (Å²) in [4.78, 5) is 11.6. The average Bonchev–Trinajstić information content (AvgIpc) is 2.40. The molecule has 1 atom stereocenters. The van der Waals surface area contributed by atoms with Gasteiger partial charge in [-0.3, -0.25) is 4.79 Å². The van der Waals surface area contributed by atoms with Crippen LogP contribution in [0.5, 0.6) is 0 Å². The van der Waals surface area contributed by atoms with E-state index in [0.29, 0.717) is 12.1 Å². The van der Waals surface area contributed by atoms with E-state index in [4.69, 9.17) is 17.3 Å². The van der Waals surface area contributed by atoms with Crippen LogP contribution in [0.3, 0.4) is 0 Å². The molecule has 1 unspecified atom stereocenters. The number of rotatable bonds is 6. The van der Waals surface area contributed by atoms with Crippen molar-refractivity contribution in [1.29, 1.82) is 0 Å². The number of anilines is 1. The normalized spacial score (nSPS) is 13.0. The van der Waals surface area contributed by atoms with Crippen LogP contribution in [-0.2, 0) is 14.8 Å². The highest BCUT2D eigenvalue weighted by atomic mass is 35.5. The lowest BCUT2D eigenvalue weighted by molar-refractivity contribution is -0.122. The van der Waals surface area contributed by atoms with Crippen LogP contribution >= 0.6 is 11.6 Å². The number of halogens is 1. The largest absolute Gasteiger partial charge is 0.398 e. The standard InChI is InChI=1S/C13H20ClN3O3S/c1-4-5-16-13(18)9(3)17-21(19,20)10-6-11(14)8(2)12(15)7-10/h6-7,9,17H,4-5,15H2,1-3H3,(H,16,18). The van der Waals surface area contributed by atoms with Crippen molar-refractivity contribution in [2.24, 2.45) is 0 Å². The van der Waals surface area contributed by atoms with Gasteiger partial charge in [0.2, 0.25) is 15.9 Å². The molecule has 1 aromatic rings. The molecule has 0 aromatic heterocycles. The highest BCUT2D eigenvalue weighted by Gasteiger charge is 2.23. The average molecular weight is 334 g/mol. The first-order valence-electron chi connectivity index (χ1n) is 6.54. The maximum Gasteiger partial charge on any atom is 0.241 e. The highest BCUT2D eigenvalue weighted by molar-refractivity contribution is 7.89. The third kappa shape index (κ3) is 4.59. The van der Waals surface area contributed by atoms with Crippen LogP contribution in [0.25, 0.3) is 0 Å². The summed E-state index contributed by atoms with van der Waals surface area (Å²) >= 11 is 5.94. The summed E-state index contributed by atoms with van der Waals surface area (Å²) in [7, 11) is -3.87. The Morgan fingerprint density at radius 2 is 2.05 bits per heavy atom. The molecule has 0 saturated carbocycles. The molecular formula is C13H20ClN3O3S.